The van der Waals surface area contributed by atoms with Gasteiger partial charge in [-0.1, -0.05) is 29.3 Å². The molecular weight excluding hydrogens is 255 g/mol. The van der Waals surface area contributed by atoms with Crippen molar-refractivity contribution in [2.45, 2.75) is 32.4 Å². The van der Waals surface area contributed by atoms with E-state index in [2.05, 4.69) is 5.32 Å². The van der Waals surface area contributed by atoms with Crippen LogP contribution in [0.25, 0.3) is 0 Å². The molecule has 16 heavy (non-hydrogen) atoms. The van der Waals surface area contributed by atoms with E-state index in [1.807, 2.05) is 0 Å². The minimum absolute atomic E-state index is 0.242. The van der Waals surface area contributed by atoms with Gasteiger partial charge in [-0.3, -0.25) is 0 Å². The quantitative estimate of drug-likeness (QED) is 0.858. The Morgan fingerprint density at radius 2 is 1.81 bits per heavy atom. The molecule has 1 nitrogen and oxygen atoms in total. The van der Waals surface area contributed by atoms with Gasteiger partial charge >= 0.3 is 0 Å². The third-order valence-electron chi connectivity index (χ3n) is 2.32. The molecule has 0 saturated carbocycles. The third kappa shape index (κ3) is 3.58. The molecule has 0 radical (unpaired) electrons. The molecule has 2 unspecified atom stereocenters. The fourth-order valence-corrected chi connectivity index (χ4v) is 1.98. The van der Waals surface area contributed by atoms with Crippen LogP contribution in [0.15, 0.2) is 18.2 Å². The first-order valence-electron chi connectivity index (χ1n) is 4.91. The van der Waals surface area contributed by atoms with Crippen LogP contribution in [0.2, 0.25) is 10.0 Å². The minimum Gasteiger partial charge on any atom is -0.302 e. The second kappa shape index (κ2) is 5.80. The Hall–Kier alpha value is -0.380. The van der Waals surface area contributed by atoms with E-state index in [0.717, 1.165) is 5.56 Å². The van der Waals surface area contributed by atoms with Crippen LogP contribution in [0.3, 0.4) is 0 Å². The fourth-order valence-electron chi connectivity index (χ4n) is 1.41. The molecule has 0 amide bonds. The van der Waals surface area contributed by atoms with E-state index in [9.17, 15) is 8.78 Å². The molecule has 5 heteroatoms. The molecule has 1 aromatic rings. The fraction of sp³-hybridized carbons (Fsp3) is 0.455. The highest BCUT2D eigenvalue weighted by Crippen LogP contribution is 2.26. The van der Waals surface area contributed by atoms with Crippen molar-refractivity contribution in [1.82, 2.24) is 5.32 Å². The molecule has 0 bridgehead atoms. The van der Waals surface area contributed by atoms with Crippen LogP contribution < -0.4 is 5.32 Å². The van der Waals surface area contributed by atoms with E-state index in [-0.39, 0.29) is 6.04 Å². The zero-order chi connectivity index (χ0) is 12.3. The lowest BCUT2D eigenvalue weighted by molar-refractivity contribution is 0.101. The van der Waals surface area contributed by atoms with Crippen LogP contribution in [0.5, 0.6) is 0 Å². The summed E-state index contributed by atoms with van der Waals surface area (Å²) < 4.78 is 24.7. The van der Waals surface area contributed by atoms with Gasteiger partial charge in [-0.25, -0.2) is 8.78 Å². The van der Waals surface area contributed by atoms with Crippen molar-refractivity contribution >= 4 is 23.2 Å². The first kappa shape index (κ1) is 13.7. The topological polar surface area (TPSA) is 12.0 Å². The molecule has 1 N–H and O–H groups in total. The molecule has 1 rings (SSSR count). The normalized spacial score (nSPS) is 15.2. The lowest BCUT2D eigenvalue weighted by atomic mass is 10.1. The smallest absolute Gasteiger partial charge is 0.253 e. The lowest BCUT2D eigenvalue weighted by Crippen LogP contribution is -2.34. The second-order valence-corrected chi connectivity index (χ2v) is 4.52. The van der Waals surface area contributed by atoms with Gasteiger partial charge in [-0.05, 0) is 31.5 Å². The molecule has 0 fully saturated rings. The lowest BCUT2D eigenvalue weighted by Gasteiger charge is -2.20. The number of rotatable bonds is 4. The monoisotopic (exact) mass is 267 g/mol. The predicted octanol–water partition coefficient (Wildman–Crippen LogP) is 4.30. The average Bonchev–Trinajstić information content (AvgIpc) is 2.16. The molecule has 0 aromatic heterocycles. The molecular formula is C11H13Cl2F2N. The van der Waals surface area contributed by atoms with Gasteiger partial charge in [0.05, 0.1) is 6.04 Å². The van der Waals surface area contributed by atoms with Gasteiger partial charge in [-0.15, -0.1) is 0 Å². The number of hydrogen-bond donors (Lipinski definition) is 1. The summed E-state index contributed by atoms with van der Waals surface area (Å²) in [5.74, 6) is 0. The Morgan fingerprint density at radius 1 is 1.19 bits per heavy atom. The van der Waals surface area contributed by atoms with Crippen LogP contribution >= 0.6 is 23.2 Å². The van der Waals surface area contributed by atoms with Gasteiger partial charge in [0.2, 0.25) is 0 Å². The Balaban J connectivity index is 2.76. The van der Waals surface area contributed by atoms with Gasteiger partial charge in [0.25, 0.3) is 6.43 Å². The van der Waals surface area contributed by atoms with Crippen LogP contribution in [0.1, 0.15) is 25.5 Å². The molecule has 0 aliphatic heterocycles. The van der Waals surface area contributed by atoms with Crippen LogP contribution in [-0.4, -0.2) is 12.5 Å². The van der Waals surface area contributed by atoms with E-state index in [1.165, 1.54) is 6.92 Å². The van der Waals surface area contributed by atoms with Gasteiger partial charge in [-0.2, -0.15) is 0 Å². The van der Waals surface area contributed by atoms with Gasteiger partial charge in [0.15, 0.2) is 0 Å². The summed E-state index contributed by atoms with van der Waals surface area (Å²) in [5.41, 5.74) is 0.763. The zero-order valence-electron chi connectivity index (χ0n) is 8.98. The summed E-state index contributed by atoms with van der Waals surface area (Å²) in [6, 6.07) is 3.91. The van der Waals surface area contributed by atoms with Crippen molar-refractivity contribution in [2.75, 3.05) is 0 Å². The Kier molecular flexibility index (Phi) is 4.96. The summed E-state index contributed by atoms with van der Waals surface area (Å²) in [6.45, 7) is 3.22. The first-order valence-corrected chi connectivity index (χ1v) is 5.66. The Bertz CT molecular complexity index is 358. The predicted molar refractivity (Wildman–Crippen MR) is 63.5 cm³/mol. The van der Waals surface area contributed by atoms with E-state index >= 15 is 0 Å². The average molecular weight is 268 g/mol. The summed E-state index contributed by atoms with van der Waals surface area (Å²) >= 11 is 11.7. The molecule has 2 atom stereocenters. The SMILES string of the molecule is CC(NC(C)C(F)F)c1ccc(Cl)cc1Cl. The van der Waals surface area contributed by atoms with Gasteiger partial charge in [0.1, 0.15) is 0 Å². The second-order valence-electron chi connectivity index (χ2n) is 3.68. The molecule has 1 aromatic carbocycles. The highest BCUT2D eigenvalue weighted by molar-refractivity contribution is 6.35. The van der Waals surface area contributed by atoms with E-state index in [4.69, 9.17) is 23.2 Å². The summed E-state index contributed by atoms with van der Waals surface area (Å²) in [4.78, 5) is 0. The molecule has 0 heterocycles. The van der Waals surface area contributed by atoms with Crippen molar-refractivity contribution in [2.24, 2.45) is 0 Å². The maximum Gasteiger partial charge on any atom is 0.253 e. The standard InChI is InChI=1S/C11H13Cl2F2N/c1-6(16-7(2)11(14)15)9-4-3-8(12)5-10(9)13/h3-7,11,16H,1-2H3. The minimum atomic E-state index is -2.39. The van der Waals surface area contributed by atoms with Gasteiger partial charge < -0.3 is 5.32 Å². The highest BCUT2D eigenvalue weighted by Gasteiger charge is 2.18. The first-order chi connectivity index (χ1) is 7.41. The Labute approximate surface area is 104 Å². The molecule has 0 aliphatic carbocycles. The van der Waals surface area contributed by atoms with Crippen molar-refractivity contribution in [3.05, 3.63) is 33.8 Å². The summed E-state index contributed by atoms with van der Waals surface area (Å²) in [7, 11) is 0. The molecule has 0 aliphatic rings. The van der Waals surface area contributed by atoms with Crippen molar-refractivity contribution in [3.8, 4) is 0 Å². The van der Waals surface area contributed by atoms with Gasteiger partial charge in [0, 0.05) is 16.1 Å². The maximum atomic E-state index is 12.4. The maximum absolute atomic E-state index is 12.4. The van der Waals surface area contributed by atoms with E-state index in [0.29, 0.717) is 10.0 Å². The van der Waals surface area contributed by atoms with Crippen molar-refractivity contribution in [3.63, 3.8) is 0 Å². The number of nitrogens with one attached hydrogen (secondary N) is 1. The third-order valence-corrected chi connectivity index (χ3v) is 2.88. The van der Waals surface area contributed by atoms with E-state index in [1.54, 1.807) is 25.1 Å². The molecule has 90 valence electrons. The zero-order valence-corrected chi connectivity index (χ0v) is 10.5. The van der Waals surface area contributed by atoms with Crippen LogP contribution in [0, 0.1) is 0 Å². The van der Waals surface area contributed by atoms with Crippen molar-refractivity contribution in [1.29, 1.82) is 0 Å². The molecule has 0 spiro atoms. The Morgan fingerprint density at radius 3 is 2.31 bits per heavy atom. The molecule has 0 saturated heterocycles. The number of alkyl halides is 2. The van der Waals surface area contributed by atoms with E-state index < -0.39 is 12.5 Å². The number of benzene rings is 1. The summed E-state index contributed by atoms with van der Waals surface area (Å²) in [6.07, 6.45) is -2.39. The highest BCUT2D eigenvalue weighted by atomic mass is 35.5. The van der Waals surface area contributed by atoms with Crippen LogP contribution in [-0.2, 0) is 0 Å². The number of hydrogen-bond acceptors (Lipinski definition) is 1. The van der Waals surface area contributed by atoms with Crippen molar-refractivity contribution < 1.29 is 8.78 Å². The van der Waals surface area contributed by atoms with Crippen LogP contribution in [0.4, 0.5) is 8.78 Å². The summed E-state index contributed by atoms with van der Waals surface area (Å²) in [5, 5.41) is 3.79. The largest absolute Gasteiger partial charge is 0.302 e. The number of halogens is 4.